The molecule has 1 atom stereocenters. The maximum Gasteiger partial charge on any atom is 0.272 e. The number of hydrogen-bond acceptors (Lipinski definition) is 5. The lowest BCUT2D eigenvalue weighted by atomic mass is 9.82. The Hall–Kier alpha value is -1.51. The summed E-state index contributed by atoms with van der Waals surface area (Å²) >= 11 is 0. The lowest BCUT2D eigenvalue weighted by Gasteiger charge is -2.46. The quantitative estimate of drug-likeness (QED) is 0.868. The molecule has 0 radical (unpaired) electrons. The minimum Gasteiger partial charge on any atom is -0.375 e. The number of carbonyl (C=O) groups excluding carboxylic acids is 1. The second-order valence-corrected chi connectivity index (χ2v) is 8.40. The van der Waals surface area contributed by atoms with Crippen molar-refractivity contribution in [3.05, 3.63) is 30.1 Å². The summed E-state index contributed by atoms with van der Waals surface area (Å²) < 4.78 is 31.6. The molecule has 132 valence electrons. The number of nitrogens with zero attached hydrogens (tertiary/aromatic N) is 2. The number of amides is 1. The standard InChI is InChI=1S/C16H23N3O4S/c1-24(21,22)18-13-5-11-23-16(12-13)6-9-19(10-7-16)15(20)14-4-2-3-8-17-14/h2-4,8,13,18H,5-7,9-12H2,1H3/t13-/m1/s1. The number of sulfonamides is 1. The summed E-state index contributed by atoms with van der Waals surface area (Å²) in [4.78, 5) is 18.4. The first-order valence-corrected chi connectivity index (χ1v) is 10.1. The van der Waals surface area contributed by atoms with E-state index in [1.165, 1.54) is 6.26 Å². The van der Waals surface area contributed by atoms with Crippen LogP contribution in [0.25, 0.3) is 0 Å². The van der Waals surface area contributed by atoms with Gasteiger partial charge in [-0.15, -0.1) is 0 Å². The van der Waals surface area contributed by atoms with Crippen molar-refractivity contribution >= 4 is 15.9 Å². The van der Waals surface area contributed by atoms with Gasteiger partial charge >= 0.3 is 0 Å². The van der Waals surface area contributed by atoms with Crippen LogP contribution in [-0.2, 0) is 14.8 Å². The molecule has 1 aromatic heterocycles. The van der Waals surface area contributed by atoms with Crippen molar-refractivity contribution in [2.45, 2.75) is 37.3 Å². The first-order valence-electron chi connectivity index (χ1n) is 8.19. The van der Waals surface area contributed by atoms with E-state index in [4.69, 9.17) is 4.74 Å². The average molecular weight is 353 g/mol. The Morgan fingerprint density at radius 3 is 2.75 bits per heavy atom. The normalized spacial score (nSPS) is 24.0. The van der Waals surface area contributed by atoms with Crippen molar-refractivity contribution in [1.82, 2.24) is 14.6 Å². The van der Waals surface area contributed by atoms with Gasteiger partial charge in [-0.2, -0.15) is 0 Å². The number of carbonyl (C=O) groups is 1. The number of rotatable bonds is 3. The maximum atomic E-state index is 12.5. The van der Waals surface area contributed by atoms with Crippen molar-refractivity contribution in [2.24, 2.45) is 0 Å². The first kappa shape index (κ1) is 17.3. The molecule has 0 aliphatic carbocycles. The molecule has 0 saturated carbocycles. The van der Waals surface area contributed by atoms with Gasteiger partial charge in [-0.05, 0) is 37.8 Å². The Morgan fingerprint density at radius 1 is 1.38 bits per heavy atom. The van der Waals surface area contributed by atoms with E-state index in [9.17, 15) is 13.2 Å². The second kappa shape index (κ2) is 6.78. The Bertz CT molecular complexity index is 685. The predicted octanol–water partition coefficient (Wildman–Crippen LogP) is 0.785. The highest BCUT2D eigenvalue weighted by molar-refractivity contribution is 7.88. The maximum absolute atomic E-state index is 12.5. The summed E-state index contributed by atoms with van der Waals surface area (Å²) in [5.74, 6) is -0.0629. The Morgan fingerprint density at radius 2 is 2.12 bits per heavy atom. The monoisotopic (exact) mass is 353 g/mol. The van der Waals surface area contributed by atoms with Crippen LogP contribution in [0.2, 0.25) is 0 Å². The van der Waals surface area contributed by atoms with Crippen molar-refractivity contribution in [1.29, 1.82) is 0 Å². The molecule has 3 rings (SSSR count). The minimum absolute atomic E-state index is 0.0629. The van der Waals surface area contributed by atoms with E-state index in [0.29, 0.717) is 51.1 Å². The number of pyridine rings is 1. The summed E-state index contributed by atoms with van der Waals surface area (Å²) in [6.07, 6.45) is 5.58. The van der Waals surface area contributed by atoms with E-state index in [-0.39, 0.29) is 17.6 Å². The SMILES string of the molecule is CS(=O)(=O)N[C@@H]1CCOC2(CCN(C(=O)c3ccccn3)CC2)C1. The number of aromatic nitrogens is 1. The molecule has 1 aromatic rings. The minimum atomic E-state index is -3.22. The van der Waals surface area contributed by atoms with E-state index in [2.05, 4.69) is 9.71 Å². The van der Waals surface area contributed by atoms with Crippen LogP contribution in [0.4, 0.5) is 0 Å². The molecule has 0 bridgehead atoms. The summed E-state index contributed by atoms with van der Waals surface area (Å²) in [7, 11) is -3.22. The topological polar surface area (TPSA) is 88.6 Å². The van der Waals surface area contributed by atoms with Crippen LogP contribution in [0.3, 0.4) is 0 Å². The molecule has 8 heteroatoms. The van der Waals surface area contributed by atoms with Gasteiger partial charge in [0.25, 0.3) is 5.91 Å². The zero-order valence-electron chi connectivity index (χ0n) is 13.8. The zero-order valence-corrected chi connectivity index (χ0v) is 14.6. The highest BCUT2D eigenvalue weighted by atomic mass is 32.2. The molecule has 24 heavy (non-hydrogen) atoms. The fraction of sp³-hybridized carbons (Fsp3) is 0.625. The van der Waals surface area contributed by atoms with Gasteiger partial charge in [0.2, 0.25) is 10.0 Å². The van der Waals surface area contributed by atoms with E-state index >= 15 is 0 Å². The summed E-state index contributed by atoms with van der Waals surface area (Å²) in [6.45, 7) is 1.74. The van der Waals surface area contributed by atoms with Crippen molar-refractivity contribution in [3.63, 3.8) is 0 Å². The fourth-order valence-electron chi connectivity index (χ4n) is 3.55. The van der Waals surface area contributed by atoms with E-state index in [1.807, 2.05) is 0 Å². The van der Waals surface area contributed by atoms with Crippen LogP contribution in [0.1, 0.15) is 36.2 Å². The molecule has 2 fully saturated rings. The molecule has 0 aromatic carbocycles. The highest BCUT2D eigenvalue weighted by Gasteiger charge is 2.41. The Labute approximate surface area is 142 Å². The van der Waals surface area contributed by atoms with Crippen LogP contribution in [0.15, 0.2) is 24.4 Å². The van der Waals surface area contributed by atoms with Gasteiger partial charge < -0.3 is 9.64 Å². The van der Waals surface area contributed by atoms with Gasteiger partial charge in [0.15, 0.2) is 0 Å². The lowest BCUT2D eigenvalue weighted by molar-refractivity contribution is -0.113. The molecule has 1 spiro atoms. The largest absolute Gasteiger partial charge is 0.375 e. The second-order valence-electron chi connectivity index (χ2n) is 6.62. The van der Waals surface area contributed by atoms with Crippen LogP contribution in [0, 0.1) is 0 Å². The Kier molecular flexibility index (Phi) is 4.89. The molecule has 1 N–H and O–H groups in total. The van der Waals surface area contributed by atoms with Crippen LogP contribution >= 0.6 is 0 Å². The van der Waals surface area contributed by atoms with Gasteiger partial charge in [0.1, 0.15) is 5.69 Å². The summed E-state index contributed by atoms with van der Waals surface area (Å²) in [5, 5.41) is 0. The predicted molar refractivity (Wildman–Crippen MR) is 89.1 cm³/mol. The van der Waals surface area contributed by atoms with E-state index < -0.39 is 10.0 Å². The van der Waals surface area contributed by atoms with Gasteiger partial charge in [-0.25, -0.2) is 13.1 Å². The lowest BCUT2D eigenvalue weighted by Crippen LogP contribution is -2.54. The van der Waals surface area contributed by atoms with Crippen molar-refractivity contribution in [3.8, 4) is 0 Å². The fourth-order valence-corrected chi connectivity index (χ4v) is 4.35. The molecule has 1 amide bonds. The molecule has 0 unspecified atom stereocenters. The molecule has 2 aliphatic rings. The van der Waals surface area contributed by atoms with Crippen LogP contribution in [-0.4, -0.2) is 61.8 Å². The first-order chi connectivity index (χ1) is 11.4. The molecule has 7 nitrogen and oxygen atoms in total. The van der Waals surface area contributed by atoms with Crippen molar-refractivity contribution in [2.75, 3.05) is 26.0 Å². The number of piperidine rings is 1. The number of likely N-dealkylation sites (tertiary alicyclic amines) is 1. The van der Waals surface area contributed by atoms with Crippen molar-refractivity contribution < 1.29 is 17.9 Å². The van der Waals surface area contributed by atoms with Gasteiger partial charge in [-0.3, -0.25) is 9.78 Å². The average Bonchev–Trinajstić information content (AvgIpc) is 2.54. The zero-order chi connectivity index (χ0) is 17.2. The number of nitrogens with one attached hydrogen (secondary N) is 1. The molecule has 2 aliphatic heterocycles. The third kappa shape index (κ3) is 4.12. The van der Waals surface area contributed by atoms with E-state index in [0.717, 1.165) is 0 Å². The number of ether oxygens (including phenoxy) is 1. The summed E-state index contributed by atoms with van der Waals surface area (Å²) in [5.41, 5.74) is 0.122. The van der Waals surface area contributed by atoms with Gasteiger partial charge in [0.05, 0.1) is 11.9 Å². The third-order valence-corrected chi connectivity index (χ3v) is 5.48. The van der Waals surface area contributed by atoms with Gasteiger partial charge in [-0.1, -0.05) is 6.07 Å². The van der Waals surface area contributed by atoms with Crippen LogP contribution < -0.4 is 4.72 Å². The third-order valence-electron chi connectivity index (χ3n) is 4.72. The molecular weight excluding hydrogens is 330 g/mol. The smallest absolute Gasteiger partial charge is 0.272 e. The number of hydrogen-bond donors (Lipinski definition) is 1. The molecule has 3 heterocycles. The summed E-state index contributed by atoms with van der Waals surface area (Å²) in [6, 6.07) is 5.21. The van der Waals surface area contributed by atoms with Crippen LogP contribution in [0.5, 0.6) is 0 Å². The highest BCUT2D eigenvalue weighted by Crippen LogP contribution is 2.35. The molecule has 2 saturated heterocycles. The van der Waals surface area contributed by atoms with E-state index in [1.54, 1.807) is 29.3 Å². The van der Waals surface area contributed by atoms with Gasteiger partial charge in [0, 0.05) is 31.9 Å². The molecular formula is C16H23N3O4S. The Balaban J connectivity index is 1.60.